The maximum Gasteiger partial charge on any atom is 0.131 e. The van der Waals surface area contributed by atoms with Crippen molar-refractivity contribution in [3.8, 4) is 0 Å². The smallest absolute Gasteiger partial charge is 0.131 e. The van der Waals surface area contributed by atoms with Crippen molar-refractivity contribution in [1.29, 1.82) is 0 Å². The summed E-state index contributed by atoms with van der Waals surface area (Å²) in [5.41, 5.74) is 5.23. The summed E-state index contributed by atoms with van der Waals surface area (Å²) in [5.74, 6) is 2.09. The first-order valence-electron chi connectivity index (χ1n) is 13.0. The molecule has 0 spiro atoms. The molecule has 2 aromatic carbocycles. The molecular formula is C28H38N4S3. The minimum Gasteiger partial charge on any atom is -0.383 e. The van der Waals surface area contributed by atoms with Crippen molar-refractivity contribution in [1.82, 2.24) is 0 Å². The van der Waals surface area contributed by atoms with Gasteiger partial charge in [0.25, 0.3) is 0 Å². The quantitative estimate of drug-likeness (QED) is 0.299. The van der Waals surface area contributed by atoms with E-state index in [4.69, 9.17) is 9.98 Å². The fourth-order valence-corrected chi connectivity index (χ4v) is 7.56. The molecule has 7 heteroatoms. The number of thioether (sulfide) groups is 3. The van der Waals surface area contributed by atoms with Gasteiger partial charge in [-0.15, -0.1) is 0 Å². The van der Waals surface area contributed by atoms with Gasteiger partial charge in [0.1, 0.15) is 8.75 Å². The molecule has 4 nitrogen and oxygen atoms in total. The zero-order valence-electron chi connectivity index (χ0n) is 21.0. The summed E-state index contributed by atoms with van der Waals surface area (Å²) in [6.45, 7) is 6.25. The molecule has 0 aliphatic carbocycles. The summed E-state index contributed by atoms with van der Waals surface area (Å²) in [5, 5.41) is 7.13. The molecule has 2 heterocycles. The van der Waals surface area contributed by atoms with Crippen LogP contribution in [0.15, 0.2) is 58.5 Å². The third-order valence-corrected chi connectivity index (χ3v) is 9.75. The second-order valence-corrected chi connectivity index (χ2v) is 12.7. The van der Waals surface area contributed by atoms with Crippen molar-refractivity contribution in [2.24, 2.45) is 9.98 Å². The molecule has 2 aliphatic rings. The molecule has 0 saturated carbocycles. The lowest BCUT2D eigenvalue weighted by Gasteiger charge is -2.10. The molecule has 2 aliphatic heterocycles. The van der Waals surface area contributed by atoms with Gasteiger partial charge in [-0.05, 0) is 72.8 Å². The van der Waals surface area contributed by atoms with E-state index < -0.39 is 0 Å². The molecule has 2 aromatic rings. The van der Waals surface area contributed by atoms with Crippen LogP contribution in [0.2, 0.25) is 0 Å². The van der Waals surface area contributed by atoms with Crippen molar-refractivity contribution < 1.29 is 0 Å². The van der Waals surface area contributed by atoms with E-state index in [1.54, 1.807) is 11.8 Å². The molecule has 0 radical (unpaired) electrons. The number of hydrogen-bond donors (Lipinski definition) is 2. The van der Waals surface area contributed by atoms with E-state index in [-0.39, 0.29) is 0 Å². The van der Waals surface area contributed by atoms with Gasteiger partial charge >= 0.3 is 0 Å². The van der Waals surface area contributed by atoms with Gasteiger partial charge in [0, 0.05) is 36.0 Å². The number of aliphatic imine (C=N–C) groups is 2. The first kappa shape index (κ1) is 26.5. The topological polar surface area (TPSA) is 48.8 Å². The van der Waals surface area contributed by atoms with Crippen LogP contribution < -0.4 is 10.6 Å². The Labute approximate surface area is 224 Å². The first-order valence-corrected chi connectivity index (χ1v) is 15.7. The lowest BCUT2D eigenvalue weighted by molar-refractivity contribution is 0.794. The van der Waals surface area contributed by atoms with Crippen LogP contribution in [0, 0.1) is 0 Å². The van der Waals surface area contributed by atoms with Gasteiger partial charge in [-0.3, -0.25) is 9.98 Å². The highest BCUT2D eigenvalue weighted by Gasteiger charge is 2.24. The van der Waals surface area contributed by atoms with Crippen molar-refractivity contribution >= 4 is 55.4 Å². The van der Waals surface area contributed by atoms with Crippen LogP contribution in [0.3, 0.4) is 0 Å². The molecule has 188 valence electrons. The van der Waals surface area contributed by atoms with E-state index in [0.717, 1.165) is 33.3 Å². The molecule has 35 heavy (non-hydrogen) atoms. The highest BCUT2D eigenvalue weighted by molar-refractivity contribution is 8.54. The lowest BCUT2D eigenvalue weighted by Crippen LogP contribution is -2.17. The van der Waals surface area contributed by atoms with Crippen molar-refractivity contribution in [3.63, 3.8) is 0 Å². The molecular weight excluding hydrogens is 489 g/mol. The molecule has 0 fully saturated rings. The molecule has 0 amide bonds. The van der Waals surface area contributed by atoms with Gasteiger partial charge in [-0.25, -0.2) is 0 Å². The summed E-state index contributed by atoms with van der Waals surface area (Å²) in [4.78, 5) is 9.89. The lowest BCUT2D eigenvalue weighted by atomic mass is 10.1. The zero-order valence-corrected chi connectivity index (χ0v) is 23.4. The number of nitrogens with one attached hydrogen (secondary N) is 2. The van der Waals surface area contributed by atoms with Crippen LogP contribution in [0.1, 0.15) is 50.7 Å². The predicted molar refractivity (Wildman–Crippen MR) is 162 cm³/mol. The minimum absolute atomic E-state index is 0.326. The van der Waals surface area contributed by atoms with E-state index in [9.17, 15) is 0 Å². The Hall–Kier alpha value is -1.57. The van der Waals surface area contributed by atoms with Crippen molar-refractivity contribution in [3.05, 3.63) is 59.7 Å². The molecule has 2 N–H and O–H groups in total. The average molecular weight is 527 g/mol. The third-order valence-electron chi connectivity index (χ3n) is 6.18. The predicted octanol–water partition coefficient (Wildman–Crippen LogP) is 7.57. The average Bonchev–Trinajstić information content (AvgIpc) is 3.54. The second-order valence-electron chi connectivity index (χ2n) is 9.18. The van der Waals surface area contributed by atoms with Crippen molar-refractivity contribution in [2.45, 2.75) is 64.5 Å². The van der Waals surface area contributed by atoms with E-state index >= 15 is 0 Å². The minimum atomic E-state index is 0.326. The van der Waals surface area contributed by atoms with Crippen LogP contribution in [0.5, 0.6) is 0 Å². The highest BCUT2D eigenvalue weighted by Crippen LogP contribution is 2.34. The maximum absolute atomic E-state index is 4.94. The number of rotatable bonds is 12. The normalized spacial score (nSPS) is 19.5. The monoisotopic (exact) mass is 526 g/mol. The molecule has 0 saturated heterocycles. The molecule has 2 unspecified atom stereocenters. The van der Waals surface area contributed by atoms with Crippen LogP contribution in [-0.4, -0.2) is 45.4 Å². The fourth-order valence-electron chi connectivity index (χ4n) is 3.99. The summed E-state index contributed by atoms with van der Waals surface area (Å²) < 4.78 is 2.32. The Morgan fingerprint density at radius 2 is 1.14 bits per heavy atom. The Morgan fingerprint density at radius 3 is 1.54 bits per heavy atom. The molecule has 2 atom stereocenters. The Kier molecular flexibility index (Phi) is 10.8. The number of aryl methyl sites for hydroxylation is 2. The number of hydrogen-bond acceptors (Lipinski definition) is 7. The number of nitrogens with zero attached hydrogens (tertiary/aromatic N) is 2. The van der Waals surface area contributed by atoms with Gasteiger partial charge in [-0.2, -0.15) is 0 Å². The van der Waals surface area contributed by atoms with Crippen LogP contribution in [0.4, 0.5) is 11.4 Å². The van der Waals surface area contributed by atoms with E-state index in [2.05, 4.69) is 73.0 Å². The summed E-state index contributed by atoms with van der Waals surface area (Å²) in [6, 6.07) is 18.4. The first-order chi connectivity index (χ1) is 17.2. The van der Waals surface area contributed by atoms with Gasteiger partial charge in [0.2, 0.25) is 0 Å². The Morgan fingerprint density at radius 1 is 0.714 bits per heavy atom. The van der Waals surface area contributed by atoms with Gasteiger partial charge in [-0.1, -0.05) is 74.5 Å². The zero-order chi connectivity index (χ0) is 24.3. The second kappa shape index (κ2) is 14.2. The third kappa shape index (κ3) is 8.80. The van der Waals surface area contributed by atoms with Crippen LogP contribution in [0.25, 0.3) is 0 Å². The Balaban J connectivity index is 1.17. The SMILES string of the molecule is CCCCc1ccc(NCC2CSC(SC3=NC(CNc4ccc(CCCC)cc4)CS3)=N2)cc1. The largest absolute Gasteiger partial charge is 0.383 e. The van der Waals surface area contributed by atoms with Gasteiger partial charge in [0.15, 0.2) is 0 Å². The van der Waals surface area contributed by atoms with E-state index in [1.807, 2.05) is 23.5 Å². The summed E-state index contributed by atoms with van der Waals surface area (Å²) in [7, 11) is 0. The summed E-state index contributed by atoms with van der Waals surface area (Å²) >= 11 is 5.49. The Bertz CT molecular complexity index is 893. The fraction of sp³-hybridized carbons (Fsp3) is 0.500. The molecule has 4 rings (SSSR count). The molecule has 0 bridgehead atoms. The van der Waals surface area contributed by atoms with Crippen LogP contribution in [-0.2, 0) is 12.8 Å². The van der Waals surface area contributed by atoms with Gasteiger partial charge < -0.3 is 10.6 Å². The van der Waals surface area contributed by atoms with Gasteiger partial charge in [0.05, 0.1) is 12.1 Å². The highest BCUT2D eigenvalue weighted by atomic mass is 32.2. The van der Waals surface area contributed by atoms with E-state index in [1.165, 1.54) is 61.0 Å². The summed E-state index contributed by atoms with van der Waals surface area (Å²) in [6.07, 6.45) is 7.35. The molecule has 0 aromatic heterocycles. The number of benzene rings is 2. The van der Waals surface area contributed by atoms with Crippen LogP contribution >= 0.6 is 35.3 Å². The van der Waals surface area contributed by atoms with E-state index in [0.29, 0.717) is 12.1 Å². The number of anilines is 2. The standard InChI is InChI=1S/C28H38N4S3/c1-3-5-7-21-9-13-23(14-10-21)29-17-25-19-33-27(31-25)35-28-32-26(20-34-28)18-30-24-15-11-22(12-16-24)8-6-4-2/h9-16,25-26,29-30H,3-8,17-20H2,1-2H3. The van der Waals surface area contributed by atoms with Crippen molar-refractivity contribution in [2.75, 3.05) is 35.2 Å². The maximum atomic E-state index is 4.94. The number of unbranched alkanes of at least 4 members (excludes halogenated alkanes) is 2.